The van der Waals surface area contributed by atoms with Crippen molar-refractivity contribution in [3.8, 4) is 0 Å². The molecule has 1 N–H and O–H groups in total. The summed E-state index contributed by atoms with van der Waals surface area (Å²) in [5, 5.41) is 15.3. The van der Waals surface area contributed by atoms with E-state index in [-0.39, 0.29) is 0 Å². The molecule has 0 amide bonds. The number of H-pyrrole nitrogens is 1. The summed E-state index contributed by atoms with van der Waals surface area (Å²) in [5.41, 5.74) is 2.29. The smallest absolute Gasteiger partial charge is 0.137 e. The van der Waals surface area contributed by atoms with Crippen LogP contribution in [0.2, 0.25) is 0 Å². The van der Waals surface area contributed by atoms with Crippen LogP contribution in [0.25, 0.3) is 0 Å². The van der Waals surface area contributed by atoms with Gasteiger partial charge in [-0.1, -0.05) is 5.21 Å². The average molecular weight is 275 g/mol. The number of rotatable bonds is 4. The molecule has 0 saturated carbocycles. The van der Waals surface area contributed by atoms with E-state index in [1.54, 1.807) is 6.33 Å². The third kappa shape index (κ3) is 2.58. The van der Waals surface area contributed by atoms with Gasteiger partial charge in [0.05, 0.1) is 11.4 Å². The van der Waals surface area contributed by atoms with E-state index in [0.717, 1.165) is 50.5 Å². The summed E-state index contributed by atoms with van der Waals surface area (Å²) in [7, 11) is 0. The number of hydrogen-bond donors (Lipinski definition) is 1. The summed E-state index contributed by atoms with van der Waals surface area (Å²) >= 11 is 0. The molecule has 0 unspecified atom stereocenters. The highest BCUT2D eigenvalue weighted by Gasteiger charge is 2.23. The van der Waals surface area contributed by atoms with E-state index in [1.165, 1.54) is 5.69 Å². The topological polar surface area (TPSA) is 75.5 Å². The van der Waals surface area contributed by atoms with E-state index in [4.69, 9.17) is 0 Å². The lowest BCUT2D eigenvalue weighted by Crippen LogP contribution is -2.33. The molecule has 7 nitrogen and oxygen atoms in total. The van der Waals surface area contributed by atoms with Gasteiger partial charge in [0.1, 0.15) is 12.2 Å². The monoisotopic (exact) mass is 275 g/mol. The molecule has 0 aliphatic carbocycles. The zero-order chi connectivity index (χ0) is 13.9. The Hall–Kier alpha value is -1.76. The summed E-state index contributed by atoms with van der Waals surface area (Å²) in [6, 6.07) is 0. The number of aromatic amines is 1. The van der Waals surface area contributed by atoms with E-state index >= 15 is 0 Å². The SMILES string of the molecule is CCn1nnc(C)c1CN1CCC(c2ncn[nH]2)CC1. The van der Waals surface area contributed by atoms with Crippen LogP contribution in [0, 0.1) is 6.92 Å². The standard InChI is InChI=1S/C13H21N7/c1-3-20-12(10(2)16-18-20)8-19-6-4-11(5-7-19)13-14-9-15-17-13/h9,11H,3-8H2,1-2H3,(H,14,15,17). The Morgan fingerprint density at radius 2 is 2.15 bits per heavy atom. The van der Waals surface area contributed by atoms with E-state index in [0.29, 0.717) is 5.92 Å². The van der Waals surface area contributed by atoms with Gasteiger partial charge in [-0.05, 0) is 39.8 Å². The zero-order valence-electron chi connectivity index (χ0n) is 12.1. The highest BCUT2D eigenvalue weighted by atomic mass is 15.4. The zero-order valence-corrected chi connectivity index (χ0v) is 12.1. The molecule has 0 atom stereocenters. The van der Waals surface area contributed by atoms with Crippen LogP contribution in [0.15, 0.2) is 6.33 Å². The number of hydrogen-bond acceptors (Lipinski definition) is 5. The Morgan fingerprint density at radius 1 is 1.35 bits per heavy atom. The lowest BCUT2D eigenvalue weighted by Gasteiger charge is -2.30. The quantitative estimate of drug-likeness (QED) is 0.904. The van der Waals surface area contributed by atoms with Gasteiger partial charge in [-0.25, -0.2) is 9.67 Å². The number of nitrogens with zero attached hydrogens (tertiary/aromatic N) is 6. The van der Waals surface area contributed by atoms with E-state index in [9.17, 15) is 0 Å². The summed E-state index contributed by atoms with van der Waals surface area (Å²) < 4.78 is 2.00. The Bertz CT molecular complexity index is 537. The minimum Gasteiger partial charge on any atom is -0.297 e. The van der Waals surface area contributed by atoms with E-state index in [1.807, 2.05) is 11.6 Å². The van der Waals surface area contributed by atoms with E-state index < -0.39 is 0 Å². The van der Waals surface area contributed by atoms with Crippen molar-refractivity contribution in [2.45, 2.75) is 45.7 Å². The molecule has 20 heavy (non-hydrogen) atoms. The summed E-state index contributed by atoms with van der Waals surface area (Å²) in [6.07, 6.45) is 3.85. The molecule has 2 aromatic heterocycles. The third-order valence-corrected chi connectivity index (χ3v) is 4.11. The molecule has 0 aromatic carbocycles. The fraction of sp³-hybridized carbons (Fsp3) is 0.692. The highest BCUT2D eigenvalue weighted by Crippen LogP contribution is 2.26. The molecular weight excluding hydrogens is 254 g/mol. The van der Waals surface area contributed by atoms with Crippen LogP contribution in [-0.2, 0) is 13.1 Å². The second-order valence-electron chi connectivity index (χ2n) is 5.36. The first kappa shape index (κ1) is 13.2. The maximum absolute atomic E-state index is 4.27. The highest BCUT2D eigenvalue weighted by molar-refractivity contribution is 5.08. The Kier molecular flexibility index (Phi) is 3.77. The molecule has 1 aliphatic rings. The summed E-state index contributed by atoms with van der Waals surface area (Å²) in [4.78, 5) is 6.75. The molecule has 0 radical (unpaired) electrons. The largest absolute Gasteiger partial charge is 0.297 e. The van der Waals surface area contributed by atoms with Crippen LogP contribution in [-0.4, -0.2) is 48.2 Å². The van der Waals surface area contributed by atoms with Crippen molar-refractivity contribution in [1.29, 1.82) is 0 Å². The normalized spacial score (nSPS) is 17.7. The van der Waals surface area contributed by atoms with Crippen molar-refractivity contribution in [3.05, 3.63) is 23.5 Å². The molecule has 3 heterocycles. The molecule has 3 rings (SSSR count). The predicted molar refractivity (Wildman–Crippen MR) is 74.1 cm³/mol. The molecule has 1 fully saturated rings. The van der Waals surface area contributed by atoms with Crippen molar-refractivity contribution < 1.29 is 0 Å². The van der Waals surface area contributed by atoms with Crippen LogP contribution in [0.5, 0.6) is 0 Å². The lowest BCUT2D eigenvalue weighted by molar-refractivity contribution is 0.196. The molecule has 1 saturated heterocycles. The maximum atomic E-state index is 4.27. The Balaban J connectivity index is 1.60. The maximum Gasteiger partial charge on any atom is 0.137 e. The van der Waals surface area contributed by atoms with Gasteiger partial charge in [-0.15, -0.1) is 5.10 Å². The third-order valence-electron chi connectivity index (χ3n) is 4.11. The van der Waals surface area contributed by atoms with Crippen LogP contribution < -0.4 is 0 Å². The number of aromatic nitrogens is 6. The molecule has 1 aliphatic heterocycles. The van der Waals surface area contributed by atoms with Gasteiger partial charge in [-0.2, -0.15) is 5.10 Å². The molecule has 0 spiro atoms. The summed E-state index contributed by atoms with van der Waals surface area (Å²) in [5.74, 6) is 1.55. The Labute approximate surface area is 118 Å². The number of piperidine rings is 1. The van der Waals surface area contributed by atoms with Crippen molar-refractivity contribution in [2.75, 3.05) is 13.1 Å². The van der Waals surface area contributed by atoms with Gasteiger partial charge in [0, 0.05) is 19.0 Å². The van der Waals surface area contributed by atoms with Crippen molar-refractivity contribution in [1.82, 2.24) is 35.1 Å². The van der Waals surface area contributed by atoms with Crippen molar-refractivity contribution in [2.24, 2.45) is 0 Å². The second kappa shape index (κ2) is 5.70. The average Bonchev–Trinajstić information content (AvgIpc) is 3.11. The van der Waals surface area contributed by atoms with Gasteiger partial charge < -0.3 is 0 Å². The van der Waals surface area contributed by atoms with Crippen LogP contribution in [0.3, 0.4) is 0 Å². The minimum absolute atomic E-state index is 0.518. The first-order chi connectivity index (χ1) is 9.78. The van der Waals surface area contributed by atoms with Crippen LogP contribution in [0.4, 0.5) is 0 Å². The van der Waals surface area contributed by atoms with Gasteiger partial charge in [0.25, 0.3) is 0 Å². The van der Waals surface area contributed by atoms with Crippen LogP contribution in [0.1, 0.15) is 42.9 Å². The minimum atomic E-state index is 0.518. The molecule has 108 valence electrons. The lowest BCUT2D eigenvalue weighted by atomic mass is 9.96. The molecule has 0 bridgehead atoms. The Morgan fingerprint density at radius 3 is 2.80 bits per heavy atom. The first-order valence-electron chi connectivity index (χ1n) is 7.24. The molecule has 2 aromatic rings. The van der Waals surface area contributed by atoms with Crippen molar-refractivity contribution in [3.63, 3.8) is 0 Å². The van der Waals surface area contributed by atoms with E-state index in [2.05, 4.69) is 37.3 Å². The van der Waals surface area contributed by atoms with Gasteiger partial charge in [-0.3, -0.25) is 10.00 Å². The fourth-order valence-electron chi connectivity index (χ4n) is 2.86. The van der Waals surface area contributed by atoms with Crippen LogP contribution >= 0.6 is 0 Å². The number of aryl methyl sites for hydroxylation is 2. The first-order valence-corrected chi connectivity index (χ1v) is 7.24. The number of nitrogens with one attached hydrogen (secondary N) is 1. The fourth-order valence-corrected chi connectivity index (χ4v) is 2.86. The van der Waals surface area contributed by atoms with Gasteiger partial charge in [0.2, 0.25) is 0 Å². The predicted octanol–water partition coefficient (Wildman–Crippen LogP) is 1.10. The van der Waals surface area contributed by atoms with Gasteiger partial charge >= 0.3 is 0 Å². The second-order valence-corrected chi connectivity index (χ2v) is 5.36. The molecular formula is C13H21N7. The number of likely N-dealkylation sites (tertiary alicyclic amines) is 1. The van der Waals surface area contributed by atoms with Gasteiger partial charge in [0.15, 0.2) is 0 Å². The molecule has 7 heteroatoms. The van der Waals surface area contributed by atoms with Crippen molar-refractivity contribution >= 4 is 0 Å². The summed E-state index contributed by atoms with van der Waals surface area (Å²) in [6.45, 7) is 8.13.